The van der Waals surface area contributed by atoms with Gasteiger partial charge in [0.05, 0.1) is 18.2 Å². The molecule has 2 amide bonds. The number of ether oxygens (including phenoxy) is 1. The third-order valence-electron chi connectivity index (χ3n) is 5.50. The van der Waals surface area contributed by atoms with Gasteiger partial charge in [0.1, 0.15) is 0 Å². The third kappa shape index (κ3) is 7.35. The first-order chi connectivity index (χ1) is 14.9. The Kier molecular flexibility index (Phi) is 8.46. The molecule has 0 aromatic heterocycles. The molecule has 2 N–H and O–H groups in total. The van der Waals surface area contributed by atoms with E-state index in [4.69, 9.17) is 4.74 Å². The van der Waals surface area contributed by atoms with E-state index in [2.05, 4.69) is 52.5 Å². The smallest absolute Gasteiger partial charge is 0.315 e. The van der Waals surface area contributed by atoms with Crippen molar-refractivity contribution < 1.29 is 9.53 Å². The van der Waals surface area contributed by atoms with Gasteiger partial charge in [-0.3, -0.25) is 4.90 Å². The van der Waals surface area contributed by atoms with Crippen LogP contribution in [-0.2, 0) is 17.8 Å². The van der Waals surface area contributed by atoms with Gasteiger partial charge in [-0.15, -0.1) is 0 Å². The molecule has 6 nitrogen and oxygen atoms in total. The molecule has 2 aromatic rings. The van der Waals surface area contributed by atoms with Gasteiger partial charge in [-0.05, 0) is 44.6 Å². The van der Waals surface area contributed by atoms with E-state index in [0.717, 1.165) is 37.3 Å². The molecule has 1 aliphatic heterocycles. The number of carbonyl (C=O) groups excluding carboxylic acids is 1. The van der Waals surface area contributed by atoms with E-state index in [-0.39, 0.29) is 24.3 Å². The lowest BCUT2D eigenvalue weighted by atomic mass is 10.1. The normalized spacial score (nSPS) is 20.4. The predicted molar refractivity (Wildman–Crippen MR) is 125 cm³/mol. The van der Waals surface area contributed by atoms with Gasteiger partial charge >= 0.3 is 6.03 Å². The first-order valence-corrected chi connectivity index (χ1v) is 11.1. The molecule has 1 heterocycles. The van der Waals surface area contributed by atoms with Crippen LogP contribution in [0.2, 0.25) is 0 Å². The molecule has 0 spiro atoms. The summed E-state index contributed by atoms with van der Waals surface area (Å²) in [6.45, 7) is 8.20. The highest BCUT2D eigenvalue weighted by Crippen LogP contribution is 2.17. The zero-order valence-electron chi connectivity index (χ0n) is 19.2. The van der Waals surface area contributed by atoms with Gasteiger partial charge in [-0.2, -0.15) is 0 Å². The van der Waals surface area contributed by atoms with Gasteiger partial charge in [0.2, 0.25) is 0 Å². The highest BCUT2D eigenvalue weighted by molar-refractivity contribution is 5.74. The topological polar surface area (TPSA) is 56.8 Å². The molecule has 2 aromatic carbocycles. The number of urea groups is 1. The number of nitrogens with one attached hydrogen (secondary N) is 2. The molecular formula is C25H36N4O2. The summed E-state index contributed by atoms with van der Waals surface area (Å²) in [4.78, 5) is 17.2. The van der Waals surface area contributed by atoms with Crippen molar-refractivity contribution in [1.82, 2.24) is 20.4 Å². The Morgan fingerprint density at radius 3 is 2.29 bits per heavy atom. The molecule has 1 saturated heterocycles. The summed E-state index contributed by atoms with van der Waals surface area (Å²) in [6, 6.07) is 18.2. The summed E-state index contributed by atoms with van der Waals surface area (Å²) in [7, 11) is 4.03. The minimum atomic E-state index is -0.154. The Balaban J connectivity index is 1.59. The van der Waals surface area contributed by atoms with Crippen molar-refractivity contribution in [3.05, 3.63) is 71.3 Å². The van der Waals surface area contributed by atoms with Gasteiger partial charge in [0.15, 0.2) is 0 Å². The van der Waals surface area contributed by atoms with Crippen LogP contribution in [0.5, 0.6) is 0 Å². The van der Waals surface area contributed by atoms with E-state index in [1.165, 1.54) is 5.56 Å². The minimum Gasteiger partial charge on any atom is -0.373 e. The minimum absolute atomic E-state index is 0.0669. The Morgan fingerprint density at radius 1 is 1.03 bits per heavy atom. The van der Waals surface area contributed by atoms with E-state index in [1.807, 2.05) is 50.5 Å². The van der Waals surface area contributed by atoms with Crippen LogP contribution in [0.1, 0.15) is 36.6 Å². The average Bonchev–Trinajstić information content (AvgIpc) is 2.72. The maximum Gasteiger partial charge on any atom is 0.315 e. The van der Waals surface area contributed by atoms with E-state index in [9.17, 15) is 4.79 Å². The zero-order valence-corrected chi connectivity index (χ0v) is 19.2. The molecule has 31 heavy (non-hydrogen) atoms. The molecule has 1 aliphatic rings. The summed E-state index contributed by atoms with van der Waals surface area (Å²) in [5.41, 5.74) is 3.49. The maximum atomic E-state index is 12.7. The van der Waals surface area contributed by atoms with Crippen LogP contribution in [0.15, 0.2) is 54.6 Å². The van der Waals surface area contributed by atoms with Crippen molar-refractivity contribution >= 4 is 6.03 Å². The Morgan fingerprint density at radius 2 is 1.65 bits per heavy atom. The van der Waals surface area contributed by atoms with Gasteiger partial charge in [0, 0.05) is 32.7 Å². The maximum absolute atomic E-state index is 12.7. The number of hydrogen-bond donors (Lipinski definition) is 2. The quantitative estimate of drug-likeness (QED) is 0.682. The summed E-state index contributed by atoms with van der Waals surface area (Å²) in [5.74, 6) is 0. The highest BCUT2D eigenvalue weighted by atomic mass is 16.5. The van der Waals surface area contributed by atoms with Crippen LogP contribution in [-0.4, -0.2) is 61.8 Å². The number of benzene rings is 2. The fourth-order valence-corrected chi connectivity index (χ4v) is 4.21. The molecule has 0 radical (unpaired) electrons. The summed E-state index contributed by atoms with van der Waals surface area (Å²) >= 11 is 0. The molecule has 6 heteroatoms. The van der Waals surface area contributed by atoms with Gasteiger partial charge in [-0.25, -0.2) is 4.79 Å². The lowest BCUT2D eigenvalue weighted by Crippen LogP contribution is -2.45. The fourth-order valence-electron chi connectivity index (χ4n) is 4.21. The number of hydrogen-bond acceptors (Lipinski definition) is 4. The summed E-state index contributed by atoms with van der Waals surface area (Å²) in [5, 5.41) is 6.18. The lowest BCUT2D eigenvalue weighted by Gasteiger charge is -2.35. The zero-order chi connectivity index (χ0) is 22.2. The molecule has 3 unspecified atom stereocenters. The first-order valence-electron chi connectivity index (χ1n) is 11.1. The SMILES string of the molecule is CC1CN(Cc2ccccc2CNC(=O)NC(CN(C)C)c2ccccc2)CC(C)O1. The van der Waals surface area contributed by atoms with Gasteiger partial charge in [-0.1, -0.05) is 54.6 Å². The van der Waals surface area contributed by atoms with E-state index < -0.39 is 0 Å². The standard InChI is InChI=1S/C25H36N4O2/c1-19-15-29(16-20(2)31-19)17-23-13-9-8-12-22(23)14-26-25(30)27-24(18-28(3)4)21-10-6-5-7-11-21/h5-13,19-20,24H,14-18H2,1-4H3,(H2,26,27,30). The first kappa shape index (κ1) is 23.3. The van der Waals surface area contributed by atoms with Gasteiger partial charge in [0.25, 0.3) is 0 Å². The van der Waals surface area contributed by atoms with Crippen LogP contribution >= 0.6 is 0 Å². The Labute approximate surface area is 186 Å². The van der Waals surface area contributed by atoms with Crippen molar-refractivity contribution in [3.63, 3.8) is 0 Å². The largest absolute Gasteiger partial charge is 0.373 e. The second kappa shape index (κ2) is 11.3. The molecule has 168 valence electrons. The van der Waals surface area contributed by atoms with Crippen molar-refractivity contribution in [1.29, 1.82) is 0 Å². The van der Waals surface area contributed by atoms with Crippen molar-refractivity contribution in [2.24, 2.45) is 0 Å². The number of carbonyl (C=O) groups is 1. The summed E-state index contributed by atoms with van der Waals surface area (Å²) < 4.78 is 5.85. The monoisotopic (exact) mass is 424 g/mol. The predicted octanol–water partition coefficient (Wildman–Crippen LogP) is 3.40. The molecule has 1 fully saturated rings. The van der Waals surface area contributed by atoms with E-state index in [1.54, 1.807) is 0 Å². The number of nitrogens with zero attached hydrogens (tertiary/aromatic N) is 2. The summed E-state index contributed by atoms with van der Waals surface area (Å²) in [6.07, 6.45) is 0.484. The van der Waals surface area contributed by atoms with Crippen molar-refractivity contribution in [2.75, 3.05) is 33.7 Å². The number of morpholine rings is 1. The molecule has 0 saturated carbocycles. The average molecular weight is 425 g/mol. The number of rotatable bonds is 8. The molecular weight excluding hydrogens is 388 g/mol. The Bertz CT molecular complexity index is 817. The van der Waals surface area contributed by atoms with Crippen molar-refractivity contribution in [2.45, 2.75) is 45.2 Å². The third-order valence-corrected chi connectivity index (χ3v) is 5.50. The number of likely N-dealkylation sites (N-methyl/N-ethyl adjacent to an activating group) is 1. The van der Waals surface area contributed by atoms with Gasteiger partial charge < -0.3 is 20.3 Å². The van der Waals surface area contributed by atoms with Crippen LogP contribution in [0.4, 0.5) is 4.79 Å². The molecule has 3 atom stereocenters. The second-order valence-corrected chi connectivity index (χ2v) is 8.77. The molecule has 0 aliphatic carbocycles. The highest BCUT2D eigenvalue weighted by Gasteiger charge is 2.23. The van der Waals surface area contributed by atoms with Crippen molar-refractivity contribution in [3.8, 4) is 0 Å². The van der Waals surface area contributed by atoms with Crippen LogP contribution in [0.3, 0.4) is 0 Å². The Hall–Kier alpha value is -2.41. The van der Waals surface area contributed by atoms with Crippen LogP contribution in [0.25, 0.3) is 0 Å². The fraction of sp³-hybridized carbons (Fsp3) is 0.480. The lowest BCUT2D eigenvalue weighted by molar-refractivity contribution is -0.0705. The van der Waals surface area contributed by atoms with Crippen LogP contribution < -0.4 is 10.6 Å². The molecule has 3 rings (SSSR count). The number of amides is 2. The second-order valence-electron chi connectivity index (χ2n) is 8.77. The van der Waals surface area contributed by atoms with Crippen LogP contribution in [0, 0.1) is 0 Å². The van der Waals surface area contributed by atoms with E-state index in [0.29, 0.717) is 6.54 Å². The molecule has 0 bridgehead atoms. The van der Waals surface area contributed by atoms with E-state index >= 15 is 0 Å².